The Labute approximate surface area is 99.4 Å². The summed E-state index contributed by atoms with van der Waals surface area (Å²) in [6.07, 6.45) is 0. The Hall–Kier alpha value is -1.88. The van der Waals surface area contributed by atoms with E-state index < -0.39 is 0 Å². The van der Waals surface area contributed by atoms with Gasteiger partial charge in [-0.15, -0.1) is 0 Å². The minimum absolute atomic E-state index is 0.233. The molecule has 90 valence electrons. The maximum atomic E-state index is 12.0. The molecule has 0 saturated heterocycles. The predicted molar refractivity (Wildman–Crippen MR) is 62.3 cm³/mol. The lowest BCUT2D eigenvalue weighted by Crippen LogP contribution is -2.35. The molecule has 1 aromatic rings. The monoisotopic (exact) mass is 234 g/mol. The Morgan fingerprint density at radius 1 is 1.24 bits per heavy atom. The molecule has 0 atom stereocenters. The summed E-state index contributed by atoms with van der Waals surface area (Å²) >= 11 is 0. The van der Waals surface area contributed by atoms with Crippen molar-refractivity contribution in [2.24, 2.45) is 0 Å². The van der Waals surface area contributed by atoms with E-state index in [4.69, 9.17) is 4.74 Å². The van der Waals surface area contributed by atoms with Crippen LogP contribution in [0.1, 0.15) is 20.7 Å². The highest BCUT2D eigenvalue weighted by Crippen LogP contribution is 2.26. The van der Waals surface area contributed by atoms with E-state index in [1.165, 1.54) is 12.0 Å². The Balaban J connectivity index is 2.32. The van der Waals surface area contributed by atoms with E-state index >= 15 is 0 Å². The van der Waals surface area contributed by atoms with Gasteiger partial charge in [0.05, 0.1) is 18.2 Å². The van der Waals surface area contributed by atoms with Gasteiger partial charge < -0.3 is 10.1 Å². The lowest BCUT2D eigenvalue weighted by Gasteiger charge is -2.12. The molecular weight excluding hydrogens is 220 g/mol. The van der Waals surface area contributed by atoms with Gasteiger partial charge in [0.25, 0.3) is 11.8 Å². The Morgan fingerprint density at radius 2 is 1.94 bits per heavy atom. The summed E-state index contributed by atoms with van der Waals surface area (Å²) in [6.45, 7) is 0.966. The normalized spacial score (nSPS) is 14.1. The number of hydrogen-bond acceptors (Lipinski definition) is 4. The topological polar surface area (TPSA) is 58.6 Å². The van der Waals surface area contributed by atoms with Crippen molar-refractivity contribution >= 4 is 11.8 Å². The van der Waals surface area contributed by atoms with Crippen molar-refractivity contribution in [3.8, 4) is 5.75 Å². The number of fused-ring (bicyclic) bond motifs is 1. The molecule has 1 heterocycles. The molecule has 0 aliphatic carbocycles. The second-order valence-electron chi connectivity index (χ2n) is 3.78. The van der Waals surface area contributed by atoms with Crippen LogP contribution in [0.15, 0.2) is 18.2 Å². The zero-order valence-corrected chi connectivity index (χ0v) is 9.82. The second kappa shape index (κ2) is 4.55. The number of rotatable bonds is 4. The third kappa shape index (κ3) is 1.89. The van der Waals surface area contributed by atoms with Gasteiger partial charge in [-0.05, 0) is 25.2 Å². The standard InChI is InChI=1S/C12H14N2O3/c1-13-5-6-14-11(15)9-4-3-8(17-2)7-10(9)12(14)16/h3-4,7,13H,5-6H2,1-2H3. The highest BCUT2D eigenvalue weighted by atomic mass is 16.5. The van der Waals surface area contributed by atoms with E-state index in [1.54, 1.807) is 25.2 Å². The molecule has 17 heavy (non-hydrogen) atoms. The van der Waals surface area contributed by atoms with E-state index in [2.05, 4.69) is 5.32 Å². The first-order valence-electron chi connectivity index (χ1n) is 5.38. The van der Waals surface area contributed by atoms with Crippen molar-refractivity contribution < 1.29 is 14.3 Å². The molecule has 0 radical (unpaired) electrons. The fourth-order valence-corrected chi connectivity index (χ4v) is 1.82. The SMILES string of the molecule is CNCCN1C(=O)c2ccc(OC)cc2C1=O. The maximum absolute atomic E-state index is 12.0. The minimum atomic E-state index is -0.251. The number of carbonyl (C=O) groups excluding carboxylic acids is 2. The largest absolute Gasteiger partial charge is 0.497 e. The van der Waals surface area contributed by atoms with Crippen LogP contribution in [-0.2, 0) is 0 Å². The quantitative estimate of drug-likeness (QED) is 0.771. The Morgan fingerprint density at radius 3 is 2.59 bits per heavy atom. The van der Waals surface area contributed by atoms with Crippen LogP contribution in [0.2, 0.25) is 0 Å². The molecule has 1 aliphatic rings. The molecule has 1 N–H and O–H groups in total. The predicted octanol–water partition coefficient (Wildman–Crippen LogP) is 0.511. The summed E-state index contributed by atoms with van der Waals surface area (Å²) < 4.78 is 5.05. The highest BCUT2D eigenvalue weighted by Gasteiger charge is 2.35. The summed E-state index contributed by atoms with van der Waals surface area (Å²) in [5.41, 5.74) is 0.873. The number of benzene rings is 1. The maximum Gasteiger partial charge on any atom is 0.261 e. The summed E-state index contributed by atoms with van der Waals surface area (Å²) in [4.78, 5) is 25.2. The first-order valence-corrected chi connectivity index (χ1v) is 5.38. The summed E-state index contributed by atoms with van der Waals surface area (Å²) in [7, 11) is 3.31. The number of hydrogen-bond donors (Lipinski definition) is 1. The second-order valence-corrected chi connectivity index (χ2v) is 3.78. The van der Waals surface area contributed by atoms with Crippen molar-refractivity contribution in [2.75, 3.05) is 27.2 Å². The molecule has 2 rings (SSSR count). The van der Waals surface area contributed by atoms with Crippen LogP contribution in [-0.4, -0.2) is 44.0 Å². The van der Waals surface area contributed by atoms with Crippen molar-refractivity contribution in [3.63, 3.8) is 0 Å². The zero-order valence-electron chi connectivity index (χ0n) is 9.82. The zero-order chi connectivity index (χ0) is 12.4. The summed E-state index contributed by atoms with van der Waals surface area (Å²) in [5.74, 6) is 0.0995. The van der Waals surface area contributed by atoms with Gasteiger partial charge >= 0.3 is 0 Å². The number of ether oxygens (including phenoxy) is 1. The number of nitrogens with zero attached hydrogens (tertiary/aromatic N) is 1. The van der Waals surface area contributed by atoms with Gasteiger partial charge in [0.2, 0.25) is 0 Å². The molecule has 0 bridgehead atoms. The number of amides is 2. The molecule has 0 aromatic heterocycles. The molecular formula is C12H14N2O3. The smallest absolute Gasteiger partial charge is 0.261 e. The van der Waals surface area contributed by atoms with Crippen LogP contribution in [0.3, 0.4) is 0 Å². The lowest BCUT2D eigenvalue weighted by molar-refractivity contribution is 0.0656. The number of nitrogens with one attached hydrogen (secondary N) is 1. The number of imide groups is 1. The average Bonchev–Trinajstić information content (AvgIpc) is 2.59. The number of methoxy groups -OCH3 is 1. The van der Waals surface area contributed by atoms with Gasteiger partial charge in [0.1, 0.15) is 5.75 Å². The molecule has 5 heteroatoms. The van der Waals surface area contributed by atoms with E-state index in [1.807, 2.05) is 0 Å². The van der Waals surface area contributed by atoms with Crippen LogP contribution in [0.5, 0.6) is 5.75 Å². The van der Waals surface area contributed by atoms with Crippen LogP contribution >= 0.6 is 0 Å². The average molecular weight is 234 g/mol. The van der Waals surface area contributed by atoms with E-state index in [-0.39, 0.29) is 11.8 Å². The molecule has 0 unspecified atom stereocenters. The minimum Gasteiger partial charge on any atom is -0.497 e. The molecule has 0 spiro atoms. The third-order valence-corrected chi connectivity index (χ3v) is 2.76. The Bertz CT molecular complexity index is 471. The van der Waals surface area contributed by atoms with Crippen LogP contribution in [0.25, 0.3) is 0 Å². The number of carbonyl (C=O) groups is 2. The van der Waals surface area contributed by atoms with Gasteiger partial charge in [0.15, 0.2) is 0 Å². The molecule has 1 aromatic carbocycles. The van der Waals surface area contributed by atoms with E-state index in [0.717, 1.165) is 0 Å². The summed E-state index contributed by atoms with van der Waals surface area (Å²) in [5, 5.41) is 2.91. The van der Waals surface area contributed by atoms with Gasteiger partial charge in [-0.3, -0.25) is 14.5 Å². The van der Waals surface area contributed by atoms with Gasteiger partial charge in [-0.2, -0.15) is 0 Å². The van der Waals surface area contributed by atoms with Crippen molar-refractivity contribution in [3.05, 3.63) is 29.3 Å². The molecule has 1 aliphatic heterocycles. The lowest BCUT2D eigenvalue weighted by atomic mass is 10.1. The Kier molecular flexibility index (Phi) is 3.10. The van der Waals surface area contributed by atoms with E-state index in [9.17, 15) is 9.59 Å². The third-order valence-electron chi connectivity index (χ3n) is 2.76. The molecule has 2 amide bonds. The number of likely N-dealkylation sites (N-methyl/N-ethyl adjacent to an activating group) is 1. The first-order chi connectivity index (χ1) is 8.19. The molecule has 0 fully saturated rings. The molecule has 5 nitrogen and oxygen atoms in total. The van der Waals surface area contributed by atoms with Crippen LogP contribution < -0.4 is 10.1 Å². The van der Waals surface area contributed by atoms with Crippen molar-refractivity contribution in [2.45, 2.75) is 0 Å². The summed E-state index contributed by atoms with van der Waals surface area (Å²) in [6, 6.07) is 4.92. The van der Waals surface area contributed by atoms with Crippen molar-refractivity contribution in [1.29, 1.82) is 0 Å². The van der Waals surface area contributed by atoms with Gasteiger partial charge in [0, 0.05) is 13.1 Å². The molecule has 0 saturated carbocycles. The van der Waals surface area contributed by atoms with Crippen molar-refractivity contribution in [1.82, 2.24) is 10.2 Å². The fourth-order valence-electron chi connectivity index (χ4n) is 1.82. The van der Waals surface area contributed by atoms with Gasteiger partial charge in [-0.1, -0.05) is 0 Å². The first kappa shape index (κ1) is 11.6. The van der Waals surface area contributed by atoms with E-state index in [0.29, 0.717) is 30.0 Å². The van der Waals surface area contributed by atoms with Crippen LogP contribution in [0.4, 0.5) is 0 Å². The van der Waals surface area contributed by atoms with Crippen LogP contribution in [0, 0.1) is 0 Å². The van der Waals surface area contributed by atoms with Gasteiger partial charge in [-0.25, -0.2) is 0 Å². The highest BCUT2D eigenvalue weighted by molar-refractivity contribution is 6.21. The fraction of sp³-hybridized carbons (Fsp3) is 0.333.